The Labute approximate surface area is 155 Å². The first-order valence-electron chi connectivity index (χ1n) is 7.72. The number of benzene rings is 1. The van der Waals surface area contributed by atoms with Gasteiger partial charge in [0.05, 0.1) is 29.8 Å². The van der Waals surface area contributed by atoms with Gasteiger partial charge in [-0.3, -0.25) is 9.69 Å². The Balaban J connectivity index is 1.70. The summed E-state index contributed by atoms with van der Waals surface area (Å²) >= 11 is 13.7. The molecule has 2 aromatic rings. The van der Waals surface area contributed by atoms with Crippen molar-refractivity contribution in [2.75, 3.05) is 32.8 Å². The highest BCUT2D eigenvalue weighted by atomic mass is 35.5. The van der Waals surface area contributed by atoms with E-state index in [1.807, 2.05) is 0 Å². The van der Waals surface area contributed by atoms with Gasteiger partial charge in [-0.05, 0) is 40.6 Å². The third-order valence-corrected chi connectivity index (χ3v) is 5.30. The molecule has 1 fully saturated rings. The van der Waals surface area contributed by atoms with E-state index in [1.165, 1.54) is 5.56 Å². The first kappa shape index (κ1) is 17.7. The van der Waals surface area contributed by atoms with Crippen LogP contribution < -0.4 is 5.32 Å². The summed E-state index contributed by atoms with van der Waals surface area (Å²) in [6, 6.07) is 7.13. The van der Waals surface area contributed by atoms with Gasteiger partial charge in [0.25, 0.3) is 5.91 Å². The minimum Gasteiger partial charge on any atom is -0.379 e. The van der Waals surface area contributed by atoms with Gasteiger partial charge in [-0.1, -0.05) is 23.2 Å². The maximum Gasteiger partial charge on any atom is 0.252 e. The van der Waals surface area contributed by atoms with E-state index in [-0.39, 0.29) is 11.9 Å². The topological polar surface area (TPSA) is 41.6 Å². The molecule has 2 heterocycles. The highest BCUT2D eigenvalue weighted by Gasteiger charge is 2.24. The molecule has 0 bridgehead atoms. The lowest BCUT2D eigenvalue weighted by atomic mass is 10.1. The van der Waals surface area contributed by atoms with Crippen LogP contribution >= 0.6 is 34.5 Å². The van der Waals surface area contributed by atoms with Crippen LogP contribution in [-0.4, -0.2) is 43.7 Å². The zero-order valence-electron chi connectivity index (χ0n) is 13.0. The third kappa shape index (κ3) is 4.29. The average molecular weight is 385 g/mol. The summed E-state index contributed by atoms with van der Waals surface area (Å²) in [5.74, 6) is -0.190. The van der Waals surface area contributed by atoms with Crippen LogP contribution in [0.5, 0.6) is 0 Å². The Morgan fingerprint density at radius 2 is 2.08 bits per heavy atom. The van der Waals surface area contributed by atoms with Crippen LogP contribution in [0.3, 0.4) is 0 Å². The summed E-state index contributed by atoms with van der Waals surface area (Å²) in [6.07, 6.45) is 0. The van der Waals surface area contributed by atoms with Crippen molar-refractivity contribution in [1.82, 2.24) is 10.2 Å². The van der Waals surface area contributed by atoms with Crippen LogP contribution in [0.15, 0.2) is 35.0 Å². The van der Waals surface area contributed by atoms with E-state index in [9.17, 15) is 4.79 Å². The van der Waals surface area contributed by atoms with Crippen LogP contribution in [0.25, 0.3) is 0 Å². The van der Waals surface area contributed by atoms with E-state index >= 15 is 0 Å². The molecule has 1 unspecified atom stereocenters. The maximum absolute atomic E-state index is 12.5. The molecule has 0 spiro atoms. The Morgan fingerprint density at radius 1 is 1.29 bits per heavy atom. The third-order valence-electron chi connectivity index (χ3n) is 4.05. The van der Waals surface area contributed by atoms with Crippen LogP contribution in [0, 0.1) is 0 Å². The number of halogens is 2. The van der Waals surface area contributed by atoms with Crippen molar-refractivity contribution in [2.24, 2.45) is 0 Å². The predicted molar refractivity (Wildman–Crippen MR) is 98.2 cm³/mol. The molecule has 1 atom stereocenters. The van der Waals surface area contributed by atoms with E-state index in [0.717, 1.165) is 26.3 Å². The largest absolute Gasteiger partial charge is 0.379 e. The lowest BCUT2D eigenvalue weighted by Crippen LogP contribution is -2.43. The predicted octanol–water partition coefficient (Wildman–Crippen LogP) is 3.86. The molecule has 4 nitrogen and oxygen atoms in total. The van der Waals surface area contributed by atoms with Crippen molar-refractivity contribution in [3.8, 4) is 0 Å². The molecule has 0 radical (unpaired) electrons. The number of ether oxygens (including phenoxy) is 1. The van der Waals surface area contributed by atoms with Gasteiger partial charge in [0.15, 0.2) is 0 Å². The van der Waals surface area contributed by atoms with Gasteiger partial charge in [0, 0.05) is 24.7 Å². The Morgan fingerprint density at radius 3 is 2.75 bits per heavy atom. The number of rotatable bonds is 5. The van der Waals surface area contributed by atoms with Crippen LogP contribution in [0.2, 0.25) is 10.0 Å². The standard InChI is InChI=1S/C17H18Cl2N2O2S/c18-13-1-2-14(15(19)9-13)17(22)20-10-16(12-3-8-24-11-12)21-4-6-23-7-5-21/h1-3,8-9,11,16H,4-7,10H2,(H,20,22). The number of hydrogen-bond donors (Lipinski definition) is 1. The maximum atomic E-state index is 12.5. The van der Waals surface area contributed by atoms with E-state index in [0.29, 0.717) is 22.2 Å². The van der Waals surface area contributed by atoms with Gasteiger partial charge in [-0.2, -0.15) is 11.3 Å². The van der Waals surface area contributed by atoms with Crippen molar-refractivity contribution >= 4 is 40.4 Å². The Bertz CT molecular complexity index is 688. The minimum atomic E-state index is -0.190. The average Bonchev–Trinajstić information content (AvgIpc) is 3.10. The molecule has 1 aliphatic rings. The van der Waals surface area contributed by atoms with Gasteiger partial charge in [-0.25, -0.2) is 0 Å². The fraction of sp³-hybridized carbons (Fsp3) is 0.353. The second-order valence-corrected chi connectivity index (χ2v) is 7.18. The molecule has 3 rings (SSSR count). The SMILES string of the molecule is O=C(NCC(c1ccsc1)N1CCOCC1)c1ccc(Cl)cc1Cl. The fourth-order valence-corrected chi connectivity index (χ4v) is 3.97. The van der Waals surface area contributed by atoms with Crippen LogP contribution in [-0.2, 0) is 4.74 Å². The number of morpholine rings is 1. The lowest BCUT2D eigenvalue weighted by molar-refractivity contribution is 0.0163. The van der Waals surface area contributed by atoms with Crippen molar-refractivity contribution in [1.29, 1.82) is 0 Å². The molecule has 0 aliphatic carbocycles. The molecular formula is C17H18Cl2N2O2S. The summed E-state index contributed by atoms with van der Waals surface area (Å²) in [5.41, 5.74) is 1.65. The van der Waals surface area contributed by atoms with Crippen LogP contribution in [0.4, 0.5) is 0 Å². The van der Waals surface area contributed by atoms with Gasteiger partial charge >= 0.3 is 0 Å². The van der Waals surface area contributed by atoms with Gasteiger partial charge in [0.1, 0.15) is 0 Å². The van der Waals surface area contributed by atoms with E-state index in [1.54, 1.807) is 29.5 Å². The molecule has 7 heteroatoms. The zero-order chi connectivity index (χ0) is 16.9. The van der Waals surface area contributed by atoms with Gasteiger partial charge < -0.3 is 10.1 Å². The Kier molecular flexibility index (Phi) is 6.14. The van der Waals surface area contributed by atoms with Crippen molar-refractivity contribution < 1.29 is 9.53 Å². The molecule has 1 amide bonds. The van der Waals surface area contributed by atoms with Crippen molar-refractivity contribution in [3.05, 3.63) is 56.2 Å². The number of amides is 1. The molecule has 1 aromatic heterocycles. The number of carbonyl (C=O) groups excluding carboxylic acids is 1. The molecule has 1 aromatic carbocycles. The summed E-state index contributed by atoms with van der Waals surface area (Å²) in [4.78, 5) is 14.8. The first-order chi connectivity index (χ1) is 11.6. The minimum absolute atomic E-state index is 0.134. The van der Waals surface area contributed by atoms with Crippen molar-refractivity contribution in [2.45, 2.75) is 6.04 Å². The number of hydrogen-bond acceptors (Lipinski definition) is 4. The highest BCUT2D eigenvalue weighted by Crippen LogP contribution is 2.24. The summed E-state index contributed by atoms with van der Waals surface area (Å²) in [7, 11) is 0. The first-order valence-corrected chi connectivity index (χ1v) is 9.42. The number of nitrogens with one attached hydrogen (secondary N) is 1. The number of carbonyl (C=O) groups is 1. The lowest BCUT2D eigenvalue weighted by Gasteiger charge is -2.34. The van der Waals surface area contributed by atoms with Crippen molar-refractivity contribution in [3.63, 3.8) is 0 Å². The van der Waals surface area contributed by atoms with Gasteiger partial charge in [-0.15, -0.1) is 0 Å². The zero-order valence-corrected chi connectivity index (χ0v) is 15.3. The summed E-state index contributed by atoms with van der Waals surface area (Å²) < 4.78 is 5.43. The highest BCUT2D eigenvalue weighted by molar-refractivity contribution is 7.08. The molecule has 1 aliphatic heterocycles. The summed E-state index contributed by atoms with van der Waals surface area (Å²) in [5, 5.41) is 8.06. The van der Waals surface area contributed by atoms with E-state index in [2.05, 4.69) is 27.0 Å². The van der Waals surface area contributed by atoms with Crippen LogP contribution in [0.1, 0.15) is 22.0 Å². The smallest absolute Gasteiger partial charge is 0.252 e. The summed E-state index contributed by atoms with van der Waals surface area (Å²) in [6.45, 7) is 3.68. The quantitative estimate of drug-likeness (QED) is 0.850. The molecule has 128 valence electrons. The molecule has 24 heavy (non-hydrogen) atoms. The van der Waals surface area contributed by atoms with Gasteiger partial charge in [0.2, 0.25) is 0 Å². The molecular weight excluding hydrogens is 367 g/mol. The second kappa shape index (κ2) is 8.32. The molecule has 0 saturated carbocycles. The fourth-order valence-electron chi connectivity index (χ4n) is 2.77. The second-order valence-electron chi connectivity index (χ2n) is 5.56. The number of thiophene rings is 1. The van der Waals surface area contributed by atoms with E-state index < -0.39 is 0 Å². The van der Waals surface area contributed by atoms with E-state index in [4.69, 9.17) is 27.9 Å². The molecule has 1 N–H and O–H groups in total. The molecule has 1 saturated heterocycles. The monoisotopic (exact) mass is 384 g/mol. The number of nitrogens with zero attached hydrogens (tertiary/aromatic N) is 1. The Hall–Kier alpha value is -1.11. The normalized spacial score (nSPS) is 16.8.